The van der Waals surface area contributed by atoms with Gasteiger partial charge in [0.2, 0.25) is 0 Å². The molecule has 0 radical (unpaired) electrons. The van der Waals surface area contributed by atoms with Gasteiger partial charge in [-0.3, -0.25) is 0 Å². The van der Waals surface area contributed by atoms with Crippen LogP contribution in [-0.2, 0) is 11.2 Å². The monoisotopic (exact) mass is 310 g/mol. The number of nitrogens with one attached hydrogen (secondary N) is 1. The highest BCUT2D eigenvalue weighted by atomic mass is 32.1. The van der Waals surface area contributed by atoms with Crippen molar-refractivity contribution in [2.75, 3.05) is 6.54 Å². The summed E-state index contributed by atoms with van der Waals surface area (Å²) in [6, 6.07) is 0.746. The first-order valence-electron chi connectivity index (χ1n) is 7.40. The van der Waals surface area contributed by atoms with E-state index in [0.717, 1.165) is 36.1 Å². The number of urea groups is 1. The first-order valence-corrected chi connectivity index (χ1v) is 8.28. The number of carboxylic acids is 1. The molecule has 2 N–H and O–H groups in total. The summed E-state index contributed by atoms with van der Waals surface area (Å²) in [5.74, 6) is -0.967. The predicted molar refractivity (Wildman–Crippen MR) is 82.6 cm³/mol. The molecule has 0 saturated heterocycles. The lowest BCUT2D eigenvalue weighted by atomic mass is 10.0. The molecule has 1 aromatic rings. The Labute approximate surface area is 129 Å². The quantitative estimate of drug-likeness (QED) is 0.878. The molecule has 1 aromatic heterocycles. The lowest BCUT2D eigenvalue weighted by molar-refractivity contribution is -0.142. The third-order valence-electron chi connectivity index (χ3n) is 3.82. The van der Waals surface area contributed by atoms with Gasteiger partial charge in [-0.05, 0) is 36.8 Å². The van der Waals surface area contributed by atoms with Crippen LogP contribution in [0.1, 0.15) is 49.6 Å². The zero-order chi connectivity index (χ0) is 15.4. The maximum atomic E-state index is 12.4. The van der Waals surface area contributed by atoms with Gasteiger partial charge in [0, 0.05) is 17.5 Å². The molecule has 6 heteroatoms. The average molecular weight is 310 g/mol. The van der Waals surface area contributed by atoms with E-state index in [1.165, 1.54) is 4.90 Å². The molecule has 2 atom stereocenters. The number of amides is 2. The van der Waals surface area contributed by atoms with Gasteiger partial charge in [0.1, 0.15) is 0 Å². The van der Waals surface area contributed by atoms with Gasteiger partial charge in [0.05, 0.1) is 0 Å². The molecule has 1 aliphatic heterocycles. The van der Waals surface area contributed by atoms with E-state index in [1.807, 2.05) is 18.4 Å². The van der Waals surface area contributed by atoms with Gasteiger partial charge in [-0.15, -0.1) is 11.3 Å². The van der Waals surface area contributed by atoms with Gasteiger partial charge < -0.3 is 15.3 Å². The second-order valence-electron chi connectivity index (χ2n) is 5.48. The molecular formula is C15H22N2O3S. The lowest BCUT2D eigenvalue weighted by Gasteiger charge is -2.34. The first-order chi connectivity index (χ1) is 10.0. The van der Waals surface area contributed by atoms with E-state index in [4.69, 9.17) is 0 Å². The number of carbonyl (C=O) groups is 2. The van der Waals surface area contributed by atoms with Crippen molar-refractivity contribution in [2.45, 2.75) is 51.6 Å². The number of aliphatic carboxylic acids is 1. The van der Waals surface area contributed by atoms with Crippen molar-refractivity contribution in [3.8, 4) is 0 Å². The molecule has 0 aromatic carbocycles. The normalized spacial score (nSPS) is 19.0. The minimum Gasteiger partial charge on any atom is -0.479 e. The number of carbonyl (C=O) groups excluding carboxylic acids is 1. The fraction of sp³-hybridized carbons (Fsp3) is 0.600. The molecular weight excluding hydrogens is 288 g/mol. The number of fused-ring (bicyclic) bond motifs is 1. The van der Waals surface area contributed by atoms with Crippen LogP contribution in [0.25, 0.3) is 0 Å². The number of thiophene rings is 1. The number of carboxylic acid groups (broad SMARTS) is 1. The topological polar surface area (TPSA) is 69.6 Å². The summed E-state index contributed by atoms with van der Waals surface area (Å²) in [6.07, 6.45) is 3.78. The van der Waals surface area contributed by atoms with Crippen LogP contribution in [-0.4, -0.2) is 34.6 Å². The highest BCUT2D eigenvalue weighted by Gasteiger charge is 2.36. The number of nitrogens with zero attached hydrogens (tertiary/aromatic N) is 1. The largest absolute Gasteiger partial charge is 0.479 e. The fourth-order valence-corrected chi connectivity index (χ4v) is 3.58. The Kier molecular flexibility index (Phi) is 5.22. The van der Waals surface area contributed by atoms with Crippen LogP contribution in [0.2, 0.25) is 0 Å². The van der Waals surface area contributed by atoms with Crippen LogP contribution in [0.15, 0.2) is 11.4 Å². The van der Waals surface area contributed by atoms with Crippen LogP contribution >= 0.6 is 11.3 Å². The second-order valence-corrected chi connectivity index (χ2v) is 6.48. The standard InChI is InChI=1S/C15H22N2O3S/c1-3-4-5-10(2)16-15(20)17-8-6-12-11(7-9-21-12)13(17)14(18)19/h7,9-10,13H,3-6,8H2,1-2H3,(H,16,20)(H,18,19). The molecule has 1 aliphatic rings. The maximum Gasteiger partial charge on any atom is 0.331 e. The van der Waals surface area contributed by atoms with Crippen molar-refractivity contribution < 1.29 is 14.7 Å². The molecule has 116 valence electrons. The third-order valence-corrected chi connectivity index (χ3v) is 4.82. The van der Waals surface area contributed by atoms with Crippen molar-refractivity contribution in [2.24, 2.45) is 0 Å². The minimum absolute atomic E-state index is 0.0655. The molecule has 2 heterocycles. The van der Waals surface area contributed by atoms with E-state index in [9.17, 15) is 14.7 Å². The van der Waals surface area contributed by atoms with Crippen molar-refractivity contribution in [3.63, 3.8) is 0 Å². The van der Waals surface area contributed by atoms with Crippen LogP contribution in [0.3, 0.4) is 0 Å². The third kappa shape index (κ3) is 3.56. The summed E-state index contributed by atoms with van der Waals surface area (Å²) in [7, 11) is 0. The molecule has 5 nitrogen and oxygen atoms in total. The predicted octanol–water partition coefficient (Wildman–Crippen LogP) is 3.02. The van der Waals surface area contributed by atoms with E-state index in [2.05, 4.69) is 12.2 Å². The summed E-state index contributed by atoms with van der Waals surface area (Å²) >= 11 is 1.56. The van der Waals surface area contributed by atoms with Gasteiger partial charge in [-0.1, -0.05) is 19.8 Å². The van der Waals surface area contributed by atoms with E-state index >= 15 is 0 Å². The Balaban J connectivity index is 2.08. The molecule has 0 aliphatic carbocycles. The summed E-state index contributed by atoms with van der Waals surface area (Å²) in [5.41, 5.74) is 0.759. The molecule has 0 bridgehead atoms. The Morgan fingerprint density at radius 3 is 3.00 bits per heavy atom. The fourth-order valence-electron chi connectivity index (χ4n) is 2.68. The second kappa shape index (κ2) is 6.93. The molecule has 2 rings (SSSR count). The summed E-state index contributed by atoms with van der Waals surface area (Å²) in [5, 5.41) is 14.3. The molecule has 2 amide bonds. The van der Waals surface area contributed by atoms with Gasteiger partial charge in [0.15, 0.2) is 6.04 Å². The van der Waals surface area contributed by atoms with E-state index < -0.39 is 12.0 Å². The van der Waals surface area contributed by atoms with Gasteiger partial charge >= 0.3 is 12.0 Å². The molecule has 21 heavy (non-hydrogen) atoms. The first kappa shape index (κ1) is 15.8. The summed E-state index contributed by atoms with van der Waals surface area (Å²) < 4.78 is 0. The van der Waals surface area contributed by atoms with Crippen molar-refractivity contribution in [3.05, 3.63) is 21.9 Å². The van der Waals surface area contributed by atoms with Crippen LogP contribution in [0.5, 0.6) is 0 Å². The maximum absolute atomic E-state index is 12.4. The van der Waals surface area contributed by atoms with Crippen molar-refractivity contribution in [1.29, 1.82) is 0 Å². The Bertz CT molecular complexity index is 515. The Morgan fingerprint density at radius 2 is 2.33 bits per heavy atom. The van der Waals surface area contributed by atoms with Gasteiger partial charge in [-0.2, -0.15) is 0 Å². The van der Waals surface area contributed by atoms with Crippen LogP contribution in [0, 0.1) is 0 Å². The molecule has 0 fully saturated rings. The highest BCUT2D eigenvalue weighted by molar-refractivity contribution is 7.10. The molecule has 0 saturated carbocycles. The molecule has 2 unspecified atom stereocenters. The summed E-state index contributed by atoms with van der Waals surface area (Å²) in [4.78, 5) is 26.5. The highest BCUT2D eigenvalue weighted by Crippen LogP contribution is 2.33. The smallest absolute Gasteiger partial charge is 0.331 e. The Morgan fingerprint density at radius 1 is 1.57 bits per heavy atom. The number of unbranched alkanes of at least 4 members (excludes halogenated alkanes) is 1. The number of hydrogen-bond donors (Lipinski definition) is 2. The number of hydrogen-bond acceptors (Lipinski definition) is 3. The molecule has 0 spiro atoms. The lowest BCUT2D eigenvalue weighted by Crippen LogP contribution is -2.49. The van der Waals surface area contributed by atoms with E-state index in [-0.39, 0.29) is 12.1 Å². The average Bonchev–Trinajstić information content (AvgIpc) is 2.91. The number of rotatable bonds is 5. The van der Waals surface area contributed by atoms with Crippen LogP contribution < -0.4 is 5.32 Å². The Hall–Kier alpha value is -1.56. The van der Waals surface area contributed by atoms with Crippen LogP contribution in [0.4, 0.5) is 4.79 Å². The minimum atomic E-state index is -0.967. The van der Waals surface area contributed by atoms with Gasteiger partial charge in [0.25, 0.3) is 0 Å². The SMILES string of the molecule is CCCCC(C)NC(=O)N1CCc2sccc2C1C(=O)O. The van der Waals surface area contributed by atoms with Crippen molar-refractivity contribution >= 4 is 23.3 Å². The van der Waals surface area contributed by atoms with E-state index in [1.54, 1.807) is 11.3 Å². The summed E-state index contributed by atoms with van der Waals surface area (Å²) in [6.45, 7) is 4.53. The van der Waals surface area contributed by atoms with Crippen molar-refractivity contribution in [1.82, 2.24) is 10.2 Å². The zero-order valence-corrected chi connectivity index (χ0v) is 13.3. The van der Waals surface area contributed by atoms with E-state index in [0.29, 0.717) is 6.54 Å². The zero-order valence-electron chi connectivity index (χ0n) is 12.5. The van der Waals surface area contributed by atoms with Gasteiger partial charge in [-0.25, -0.2) is 9.59 Å².